The number of halogens is 1. The highest BCUT2D eigenvalue weighted by Crippen LogP contribution is 2.29. The van der Waals surface area contributed by atoms with Gasteiger partial charge in [-0.25, -0.2) is 9.37 Å². The molecule has 0 aliphatic carbocycles. The third-order valence-corrected chi connectivity index (χ3v) is 6.00. The van der Waals surface area contributed by atoms with Crippen LogP contribution in [-0.2, 0) is 0 Å². The Balaban J connectivity index is 1.47. The molecule has 0 bridgehead atoms. The maximum Gasteiger partial charge on any atom is 0.149 e. The number of pyridine rings is 1. The molecule has 2 aliphatic heterocycles. The number of piperidine rings is 1. The van der Waals surface area contributed by atoms with Crippen LogP contribution in [0.1, 0.15) is 25.0 Å². The number of hydrogen-bond donors (Lipinski definition) is 0. The van der Waals surface area contributed by atoms with E-state index in [1.54, 1.807) is 6.07 Å². The molecule has 0 amide bonds. The summed E-state index contributed by atoms with van der Waals surface area (Å²) in [4.78, 5) is 11.9. The van der Waals surface area contributed by atoms with Crippen molar-refractivity contribution in [3.8, 4) is 0 Å². The third kappa shape index (κ3) is 3.55. The molecule has 26 heavy (non-hydrogen) atoms. The predicted molar refractivity (Wildman–Crippen MR) is 105 cm³/mol. The Bertz CT molecular complexity index is 770. The molecule has 140 valence electrons. The summed E-state index contributed by atoms with van der Waals surface area (Å²) in [6.45, 7) is 8.49. The molecular formula is C21H29FN4. The van der Waals surface area contributed by atoms with Crippen molar-refractivity contribution in [2.45, 2.75) is 32.2 Å². The van der Waals surface area contributed by atoms with E-state index in [1.165, 1.54) is 38.4 Å². The number of fused-ring (bicyclic) bond motifs is 1. The van der Waals surface area contributed by atoms with Crippen molar-refractivity contribution in [1.82, 2.24) is 14.8 Å². The zero-order valence-corrected chi connectivity index (χ0v) is 15.9. The zero-order chi connectivity index (χ0) is 18.1. The normalized spacial score (nSPS) is 22.9. The molecular weight excluding hydrogens is 327 g/mol. The van der Waals surface area contributed by atoms with Crippen molar-refractivity contribution in [3.05, 3.63) is 35.8 Å². The quantitative estimate of drug-likeness (QED) is 0.842. The van der Waals surface area contributed by atoms with Crippen molar-refractivity contribution < 1.29 is 4.39 Å². The molecule has 1 atom stereocenters. The lowest BCUT2D eigenvalue weighted by Crippen LogP contribution is -2.52. The van der Waals surface area contributed by atoms with Gasteiger partial charge >= 0.3 is 0 Å². The van der Waals surface area contributed by atoms with Crippen LogP contribution in [-0.4, -0.2) is 67.1 Å². The summed E-state index contributed by atoms with van der Waals surface area (Å²) in [6, 6.07) is 8.08. The second-order valence-electron chi connectivity index (χ2n) is 7.84. The van der Waals surface area contributed by atoms with E-state index >= 15 is 0 Å². The highest BCUT2D eigenvalue weighted by molar-refractivity contribution is 5.92. The second-order valence-corrected chi connectivity index (χ2v) is 7.84. The van der Waals surface area contributed by atoms with Gasteiger partial charge in [0.25, 0.3) is 0 Å². The van der Waals surface area contributed by atoms with Crippen LogP contribution in [0.3, 0.4) is 0 Å². The summed E-state index contributed by atoms with van der Waals surface area (Å²) in [5.41, 5.74) is 2.50. The molecule has 2 aromatic rings. The molecule has 0 radical (unpaired) electrons. The van der Waals surface area contributed by atoms with Crippen molar-refractivity contribution in [3.63, 3.8) is 0 Å². The Morgan fingerprint density at radius 3 is 2.69 bits per heavy atom. The minimum absolute atomic E-state index is 0.230. The first-order valence-corrected chi connectivity index (χ1v) is 9.85. The lowest BCUT2D eigenvalue weighted by molar-refractivity contribution is 0.125. The molecule has 5 heteroatoms. The van der Waals surface area contributed by atoms with Crippen molar-refractivity contribution in [2.75, 3.05) is 51.2 Å². The molecule has 4 nitrogen and oxygen atoms in total. The van der Waals surface area contributed by atoms with E-state index in [2.05, 4.69) is 32.8 Å². The topological polar surface area (TPSA) is 22.6 Å². The summed E-state index contributed by atoms with van der Waals surface area (Å²) in [5.74, 6) is -0.230. The van der Waals surface area contributed by atoms with Crippen molar-refractivity contribution in [2.24, 2.45) is 0 Å². The molecule has 2 saturated heterocycles. The molecule has 1 aromatic carbocycles. The number of rotatable bonds is 3. The molecule has 0 N–H and O–H groups in total. The Kier molecular flexibility index (Phi) is 5.09. The molecule has 1 aromatic heterocycles. The van der Waals surface area contributed by atoms with Gasteiger partial charge in [-0.2, -0.15) is 0 Å². The number of para-hydroxylation sites is 1. The first-order valence-electron chi connectivity index (χ1n) is 9.85. The number of piperazine rings is 1. The van der Waals surface area contributed by atoms with Crippen LogP contribution in [0.4, 0.5) is 10.1 Å². The molecule has 1 unspecified atom stereocenters. The predicted octanol–water partition coefficient (Wildman–Crippen LogP) is 3.29. The van der Waals surface area contributed by atoms with Crippen LogP contribution in [0.2, 0.25) is 0 Å². The van der Waals surface area contributed by atoms with Crippen LogP contribution >= 0.6 is 0 Å². The average molecular weight is 356 g/mol. The third-order valence-electron chi connectivity index (χ3n) is 6.00. The number of likely N-dealkylation sites (tertiary alicyclic amines) is 1. The Hall–Kier alpha value is -1.72. The van der Waals surface area contributed by atoms with Gasteiger partial charge in [0.05, 0.1) is 0 Å². The number of benzene rings is 1. The van der Waals surface area contributed by atoms with E-state index in [0.717, 1.165) is 42.9 Å². The Morgan fingerprint density at radius 2 is 1.92 bits per heavy atom. The lowest BCUT2D eigenvalue weighted by Gasteiger charge is -2.41. The highest BCUT2D eigenvalue weighted by Gasteiger charge is 2.25. The average Bonchev–Trinajstić information content (AvgIpc) is 2.64. The number of hydrogen-bond acceptors (Lipinski definition) is 4. The fourth-order valence-corrected chi connectivity index (χ4v) is 4.43. The lowest BCUT2D eigenvalue weighted by atomic mass is 10.0. The zero-order valence-electron chi connectivity index (χ0n) is 15.9. The van der Waals surface area contributed by atoms with Gasteiger partial charge in [0.15, 0.2) is 0 Å². The number of aromatic nitrogens is 1. The van der Waals surface area contributed by atoms with Crippen molar-refractivity contribution >= 4 is 16.6 Å². The summed E-state index contributed by atoms with van der Waals surface area (Å²) in [6.07, 6.45) is 4.03. The maximum absolute atomic E-state index is 14.2. The second kappa shape index (κ2) is 7.49. The highest BCUT2D eigenvalue weighted by atomic mass is 19.1. The Labute approximate surface area is 155 Å². The first-order chi connectivity index (χ1) is 12.6. The van der Waals surface area contributed by atoms with Crippen LogP contribution in [0.25, 0.3) is 10.9 Å². The van der Waals surface area contributed by atoms with Gasteiger partial charge in [-0.05, 0) is 45.5 Å². The fraction of sp³-hybridized carbons (Fsp3) is 0.571. The fourth-order valence-electron chi connectivity index (χ4n) is 4.43. The smallest absolute Gasteiger partial charge is 0.149 e. The van der Waals surface area contributed by atoms with Crippen LogP contribution in [0, 0.1) is 12.7 Å². The van der Waals surface area contributed by atoms with E-state index in [4.69, 9.17) is 0 Å². The van der Waals surface area contributed by atoms with Gasteiger partial charge in [0, 0.05) is 55.5 Å². The van der Waals surface area contributed by atoms with E-state index in [9.17, 15) is 4.39 Å². The number of anilines is 1. The van der Waals surface area contributed by atoms with E-state index in [1.807, 2.05) is 13.0 Å². The first kappa shape index (κ1) is 17.7. The van der Waals surface area contributed by atoms with Crippen LogP contribution in [0.15, 0.2) is 24.3 Å². The van der Waals surface area contributed by atoms with E-state index in [0.29, 0.717) is 11.6 Å². The van der Waals surface area contributed by atoms with Gasteiger partial charge < -0.3 is 9.80 Å². The number of likely N-dealkylation sites (N-methyl/N-ethyl adjacent to an activating group) is 1. The molecule has 0 saturated carbocycles. The van der Waals surface area contributed by atoms with E-state index in [-0.39, 0.29) is 5.82 Å². The molecule has 2 fully saturated rings. The number of aryl methyl sites for hydroxylation is 1. The number of nitrogens with zero attached hydrogens (tertiary/aromatic N) is 4. The van der Waals surface area contributed by atoms with Crippen LogP contribution in [0.5, 0.6) is 0 Å². The SMILES string of the molecule is Cc1cc(N2CCN(CC3CCCCN3C)CC2)c2cccc(F)c2n1. The maximum atomic E-state index is 14.2. The molecule has 3 heterocycles. The monoisotopic (exact) mass is 356 g/mol. The summed E-state index contributed by atoms with van der Waals surface area (Å²) in [5, 5.41) is 0.927. The minimum atomic E-state index is -0.230. The van der Waals surface area contributed by atoms with Gasteiger partial charge in [0.2, 0.25) is 0 Å². The summed E-state index contributed by atoms with van der Waals surface area (Å²) >= 11 is 0. The van der Waals surface area contributed by atoms with Crippen LogP contribution < -0.4 is 4.90 Å². The molecule has 0 spiro atoms. The molecule has 4 rings (SSSR count). The summed E-state index contributed by atoms with van der Waals surface area (Å²) in [7, 11) is 2.26. The largest absolute Gasteiger partial charge is 0.368 e. The van der Waals surface area contributed by atoms with Gasteiger partial charge in [-0.15, -0.1) is 0 Å². The standard InChI is InChI=1S/C21H29FN4/c1-16-14-20(18-7-5-8-19(22)21(18)23-16)26-12-10-25(11-13-26)15-17-6-3-4-9-24(17)2/h5,7-8,14,17H,3-4,6,9-13,15H2,1-2H3. The summed E-state index contributed by atoms with van der Waals surface area (Å²) < 4.78 is 14.2. The molecule has 2 aliphatic rings. The minimum Gasteiger partial charge on any atom is -0.368 e. The van der Waals surface area contributed by atoms with Crippen molar-refractivity contribution in [1.29, 1.82) is 0 Å². The Morgan fingerprint density at radius 1 is 1.12 bits per heavy atom. The van der Waals surface area contributed by atoms with Gasteiger partial charge in [-0.1, -0.05) is 18.6 Å². The van der Waals surface area contributed by atoms with Gasteiger partial charge in [0.1, 0.15) is 11.3 Å². The van der Waals surface area contributed by atoms with Gasteiger partial charge in [-0.3, -0.25) is 4.90 Å². The van der Waals surface area contributed by atoms with E-state index < -0.39 is 0 Å².